The molecule has 2 aliphatic rings. The highest BCUT2D eigenvalue weighted by atomic mass is 16.2. The van der Waals surface area contributed by atoms with Gasteiger partial charge in [-0.2, -0.15) is 10.4 Å². The van der Waals surface area contributed by atoms with Gasteiger partial charge in [-0.15, -0.1) is 0 Å². The van der Waals surface area contributed by atoms with Crippen LogP contribution < -0.4 is 4.90 Å². The van der Waals surface area contributed by atoms with Crippen LogP contribution in [0.3, 0.4) is 0 Å². The number of benzene rings is 1. The second-order valence-corrected chi connectivity index (χ2v) is 5.83. The lowest BCUT2D eigenvalue weighted by Gasteiger charge is -2.39. The molecule has 8 heteroatoms. The number of hydrogen-bond donors (Lipinski definition) is 0. The van der Waals surface area contributed by atoms with Gasteiger partial charge >= 0.3 is 11.8 Å². The third kappa shape index (κ3) is 1.95. The lowest BCUT2D eigenvalue weighted by atomic mass is 9.91. The number of aldehydes is 1. The highest BCUT2D eigenvalue weighted by molar-refractivity contribution is 6.49. The Morgan fingerprint density at radius 1 is 1.29 bits per heavy atom. The van der Waals surface area contributed by atoms with Crippen LogP contribution in [-0.4, -0.2) is 40.3 Å². The van der Waals surface area contributed by atoms with E-state index in [-0.39, 0.29) is 17.8 Å². The molecule has 3 amide bonds. The fourth-order valence-corrected chi connectivity index (χ4v) is 2.87. The van der Waals surface area contributed by atoms with Crippen LogP contribution in [0.5, 0.6) is 0 Å². The van der Waals surface area contributed by atoms with Crippen LogP contribution in [0.1, 0.15) is 24.5 Å². The Kier molecular flexibility index (Phi) is 3.30. The third-order valence-corrected chi connectivity index (χ3v) is 4.19. The Morgan fingerprint density at radius 2 is 2.00 bits per heavy atom. The van der Waals surface area contributed by atoms with Crippen LogP contribution in [-0.2, 0) is 19.2 Å². The number of nitriles is 1. The minimum absolute atomic E-state index is 0.0323. The van der Waals surface area contributed by atoms with Crippen molar-refractivity contribution in [2.75, 3.05) is 4.90 Å². The summed E-state index contributed by atoms with van der Waals surface area (Å²) in [6.07, 6.45) is 0.408. The molecule has 8 nitrogen and oxygen atoms in total. The van der Waals surface area contributed by atoms with E-state index in [4.69, 9.17) is 5.26 Å². The Labute approximate surface area is 136 Å². The molecule has 0 aromatic heterocycles. The van der Waals surface area contributed by atoms with Crippen molar-refractivity contribution in [1.82, 2.24) is 5.01 Å². The molecule has 1 atom stereocenters. The second kappa shape index (κ2) is 5.09. The van der Waals surface area contributed by atoms with E-state index in [2.05, 4.69) is 5.10 Å². The summed E-state index contributed by atoms with van der Waals surface area (Å²) in [5.41, 5.74) is -0.197. The maximum absolute atomic E-state index is 12.9. The normalized spacial score (nSPS) is 23.0. The molecule has 2 aliphatic heterocycles. The predicted octanol–water partition coefficient (Wildman–Crippen LogP) is 0.286. The monoisotopic (exact) mass is 324 g/mol. The summed E-state index contributed by atoms with van der Waals surface area (Å²) in [5.74, 6) is -2.66. The van der Waals surface area contributed by atoms with Gasteiger partial charge in [-0.25, -0.2) is 9.91 Å². The topological polar surface area (TPSA) is 111 Å². The van der Waals surface area contributed by atoms with E-state index >= 15 is 0 Å². The minimum atomic E-state index is -1.41. The number of hydrogen-bond acceptors (Lipinski definition) is 6. The zero-order valence-corrected chi connectivity index (χ0v) is 12.9. The molecule has 24 heavy (non-hydrogen) atoms. The van der Waals surface area contributed by atoms with Crippen molar-refractivity contribution in [3.8, 4) is 6.07 Å². The summed E-state index contributed by atoms with van der Waals surface area (Å²) >= 11 is 0. The first-order valence-electron chi connectivity index (χ1n) is 7.10. The van der Waals surface area contributed by atoms with Crippen molar-refractivity contribution in [2.24, 2.45) is 5.10 Å². The molecule has 120 valence electrons. The summed E-state index contributed by atoms with van der Waals surface area (Å²) in [6, 6.07) is 6.40. The van der Waals surface area contributed by atoms with Crippen LogP contribution in [0.15, 0.2) is 23.3 Å². The quantitative estimate of drug-likeness (QED) is 0.441. The smallest absolute Gasteiger partial charge is 0.296 e. The number of carbonyl (C=O) groups excluding carboxylic acids is 4. The average Bonchev–Trinajstić information content (AvgIpc) is 2.92. The van der Waals surface area contributed by atoms with E-state index in [0.29, 0.717) is 17.4 Å². The van der Waals surface area contributed by atoms with Crippen molar-refractivity contribution < 1.29 is 19.2 Å². The van der Waals surface area contributed by atoms with Gasteiger partial charge in [-0.05, 0) is 37.6 Å². The number of fused-ring (bicyclic) bond motifs is 1. The number of carbonyl (C=O) groups is 4. The number of nitrogens with zero attached hydrogens (tertiary/aromatic N) is 4. The number of piperazine rings is 1. The molecule has 1 aromatic rings. The highest BCUT2D eigenvalue weighted by Crippen LogP contribution is 2.35. The van der Waals surface area contributed by atoms with Crippen molar-refractivity contribution in [1.29, 1.82) is 5.26 Å². The van der Waals surface area contributed by atoms with Crippen molar-refractivity contribution in [3.63, 3.8) is 0 Å². The summed E-state index contributed by atoms with van der Waals surface area (Å²) in [6.45, 7) is 3.13. The number of hydrazone groups is 1. The van der Waals surface area contributed by atoms with Gasteiger partial charge in [0.1, 0.15) is 11.3 Å². The lowest BCUT2D eigenvalue weighted by Crippen LogP contribution is -2.66. The maximum atomic E-state index is 12.9. The largest absolute Gasteiger partial charge is 0.334 e. The van der Waals surface area contributed by atoms with Gasteiger partial charge in [-0.1, -0.05) is 0 Å². The zero-order valence-electron chi connectivity index (χ0n) is 12.9. The molecule has 3 rings (SSSR count). The Hall–Kier alpha value is -3.34. The van der Waals surface area contributed by atoms with Crippen molar-refractivity contribution >= 4 is 35.4 Å². The first-order valence-corrected chi connectivity index (χ1v) is 7.10. The molecule has 1 saturated heterocycles. The van der Waals surface area contributed by atoms with Crippen molar-refractivity contribution in [3.05, 3.63) is 29.3 Å². The van der Waals surface area contributed by atoms with Gasteiger partial charge in [0.05, 0.1) is 17.3 Å². The molecule has 2 heterocycles. The van der Waals surface area contributed by atoms with E-state index in [1.807, 2.05) is 6.07 Å². The van der Waals surface area contributed by atoms with Crippen molar-refractivity contribution in [2.45, 2.75) is 25.8 Å². The fourth-order valence-electron chi connectivity index (χ4n) is 2.87. The molecule has 0 saturated carbocycles. The van der Waals surface area contributed by atoms with Crippen LogP contribution in [0.2, 0.25) is 0 Å². The Bertz CT molecular complexity index is 883. The summed E-state index contributed by atoms with van der Waals surface area (Å²) in [4.78, 5) is 49.3. The van der Waals surface area contributed by atoms with Crippen LogP contribution in [0.4, 0.5) is 5.69 Å². The van der Waals surface area contributed by atoms with Crippen LogP contribution in [0.25, 0.3) is 0 Å². The van der Waals surface area contributed by atoms with E-state index < -0.39 is 23.3 Å². The van der Waals surface area contributed by atoms with E-state index in [1.165, 1.54) is 25.1 Å². The minimum Gasteiger partial charge on any atom is -0.296 e. The summed E-state index contributed by atoms with van der Waals surface area (Å²) in [5, 5.41) is 13.5. The standard InChI is InChI=1S/C16H12N4O4/c1-9-5-12(4-3-10(9)7-17)19-13(22)14(23)20-16(2,15(19)24)6-11(8-21)18-20/h3-5,8H,6H2,1-2H3. The summed E-state index contributed by atoms with van der Waals surface area (Å²) < 4.78 is 0. The molecular formula is C16H12N4O4. The van der Waals surface area contributed by atoms with Gasteiger partial charge in [0, 0.05) is 6.42 Å². The maximum Gasteiger partial charge on any atom is 0.334 e. The van der Waals surface area contributed by atoms with E-state index in [9.17, 15) is 19.2 Å². The highest BCUT2D eigenvalue weighted by Gasteiger charge is 2.57. The molecule has 0 N–H and O–H groups in total. The molecule has 0 spiro atoms. The van der Waals surface area contributed by atoms with E-state index in [1.54, 1.807) is 6.92 Å². The van der Waals surface area contributed by atoms with Crippen LogP contribution in [0, 0.1) is 18.3 Å². The van der Waals surface area contributed by atoms with Gasteiger partial charge < -0.3 is 0 Å². The predicted molar refractivity (Wildman–Crippen MR) is 81.8 cm³/mol. The molecule has 1 fully saturated rings. The first kappa shape index (κ1) is 15.6. The fraction of sp³-hybridized carbons (Fsp3) is 0.250. The first-order chi connectivity index (χ1) is 11.3. The number of amides is 3. The average molecular weight is 324 g/mol. The molecule has 0 aliphatic carbocycles. The van der Waals surface area contributed by atoms with Gasteiger partial charge in [-0.3, -0.25) is 19.2 Å². The van der Waals surface area contributed by atoms with Gasteiger partial charge in [0.25, 0.3) is 5.91 Å². The van der Waals surface area contributed by atoms with Crippen LogP contribution >= 0.6 is 0 Å². The molecule has 1 aromatic carbocycles. The van der Waals surface area contributed by atoms with Gasteiger partial charge in [0.2, 0.25) is 0 Å². The third-order valence-electron chi connectivity index (χ3n) is 4.19. The molecule has 1 unspecified atom stereocenters. The molecule has 0 bridgehead atoms. The molecular weight excluding hydrogens is 312 g/mol. The molecule has 0 radical (unpaired) electrons. The Morgan fingerprint density at radius 3 is 2.58 bits per heavy atom. The zero-order chi connectivity index (χ0) is 17.6. The number of rotatable bonds is 2. The SMILES string of the molecule is Cc1cc(N2C(=O)C(=O)N3N=C(C=O)CC3(C)C2=O)ccc1C#N. The summed E-state index contributed by atoms with van der Waals surface area (Å²) in [7, 11) is 0. The lowest BCUT2D eigenvalue weighted by molar-refractivity contribution is -0.157. The number of imide groups is 1. The van der Waals surface area contributed by atoms with E-state index in [0.717, 1.165) is 9.91 Å². The van der Waals surface area contributed by atoms with Gasteiger partial charge in [0.15, 0.2) is 6.29 Å². The number of aryl methyl sites for hydroxylation is 1. The second-order valence-electron chi connectivity index (χ2n) is 5.83. The Balaban J connectivity index is 2.08. The number of anilines is 1.